The van der Waals surface area contributed by atoms with Crippen LogP contribution in [0.1, 0.15) is 11.3 Å². The summed E-state index contributed by atoms with van der Waals surface area (Å²) in [5, 5.41) is 24.0. The van der Waals surface area contributed by atoms with Gasteiger partial charge < -0.3 is 9.52 Å². The molecular weight excluding hydrogens is 278 g/mol. The third-order valence-electron chi connectivity index (χ3n) is 2.53. The number of hydrogen-bond donors (Lipinski definition) is 2. The minimum absolute atomic E-state index is 0.0899. The van der Waals surface area contributed by atoms with E-state index in [1.54, 1.807) is 6.07 Å². The second-order valence-corrected chi connectivity index (χ2v) is 4.12. The van der Waals surface area contributed by atoms with Crippen LogP contribution in [0.25, 0.3) is 0 Å². The fourth-order valence-corrected chi connectivity index (χ4v) is 1.58. The highest BCUT2D eigenvalue weighted by Crippen LogP contribution is 2.17. The Bertz CT molecular complexity index is 767. The molecule has 2 N–H and O–H groups in total. The van der Waals surface area contributed by atoms with Crippen LogP contribution in [0.5, 0.6) is 5.75 Å². The van der Waals surface area contributed by atoms with Gasteiger partial charge in [0.05, 0.1) is 16.8 Å². The smallest absolute Gasteiger partial charge is 0.348 e. The van der Waals surface area contributed by atoms with Gasteiger partial charge in [-0.25, -0.2) is 4.79 Å². The van der Waals surface area contributed by atoms with Gasteiger partial charge in [0.2, 0.25) is 0 Å². The van der Waals surface area contributed by atoms with E-state index >= 15 is 0 Å². The highest BCUT2D eigenvalue weighted by molar-refractivity contribution is 5.83. The second-order valence-electron chi connectivity index (χ2n) is 4.12. The molecule has 0 unspecified atom stereocenters. The third kappa shape index (κ3) is 3.44. The molecule has 0 aliphatic rings. The summed E-state index contributed by atoms with van der Waals surface area (Å²) in [5.74, 6) is 0.0228. The van der Waals surface area contributed by atoms with E-state index < -0.39 is 10.5 Å². The molecule has 0 bridgehead atoms. The maximum Gasteiger partial charge on any atom is 0.348 e. The molecule has 1 heterocycles. The highest BCUT2D eigenvalue weighted by atomic mass is 16.6. The molecule has 0 atom stereocenters. The van der Waals surface area contributed by atoms with Gasteiger partial charge in [-0.3, -0.25) is 15.5 Å². The van der Waals surface area contributed by atoms with Gasteiger partial charge >= 0.3 is 5.63 Å². The van der Waals surface area contributed by atoms with Crippen molar-refractivity contribution in [2.75, 3.05) is 5.43 Å². The number of rotatable bonds is 4. The minimum Gasteiger partial charge on any atom is -0.507 e. The van der Waals surface area contributed by atoms with Crippen molar-refractivity contribution in [3.05, 3.63) is 62.2 Å². The summed E-state index contributed by atoms with van der Waals surface area (Å²) in [5.41, 5.74) is 1.98. The van der Waals surface area contributed by atoms with Crippen molar-refractivity contribution < 1.29 is 14.4 Å². The summed E-state index contributed by atoms with van der Waals surface area (Å²) in [6.07, 6.45) is 1.08. The first kappa shape index (κ1) is 14.3. The lowest BCUT2D eigenvalue weighted by Crippen LogP contribution is -2.08. The molecule has 0 fully saturated rings. The van der Waals surface area contributed by atoms with Crippen LogP contribution in [0.3, 0.4) is 0 Å². The number of non-ortho nitro benzene ring substituents is 1. The number of anilines is 1. The van der Waals surface area contributed by atoms with Gasteiger partial charge in [-0.1, -0.05) is 6.07 Å². The van der Waals surface area contributed by atoms with E-state index in [0.717, 1.165) is 6.21 Å². The van der Waals surface area contributed by atoms with Crippen molar-refractivity contribution in [3.63, 3.8) is 0 Å². The summed E-state index contributed by atoms with van der Waals surface area (Å²) >= 11 is 0. The van der Waals surface area contributed by atoms with Gasteiger partial charge in [0, 0.05) is 18.2 Å². The Kier molecular flexibility index (Phi) is 3.98. The van der Waals surface area contributed by atoms with Gasteiger partial charge in [0.25, 0.3) is 5.69 Å². The third-order valence-corrected chi connectivity index (χ3v) is 2.53. The fraction of sp³-hybridized carbons (Fsp3) is 0.0769. The molecule has 0 saturated carbocycles. The lowest BCUT2D eigenvalue weighted by atomic mass is 10.2. The Morgan fingerprint density at radius 2 is 2.19 bits per heavy atom. The number of hydrazone groups is 1. The number of hydrogen-bond acceptors (Lipinski definition) is 7. The molecule has 1 aromatic heterocycles. The maximum absolute atomic E-state index is 11.5. The first-order valence-corrected chi connectivity index (χ1v) is 5.84. The molecule has 0 spiro atoms. The van der Waals surface area contributed by atoms with Gasteiger partial charge in [0.1, 0.15) is 17.1 Å². The van der Waals surface area contributed by atoms with Crippen molar-refractivity contribution in [3.8, 4) is 5.75 Å². The van der Waals surface area contributed by atoms with Crippen LogP contribution < -0.4 is 11.1 Å². The van der Waals surface area contributed by atoms with Crippen LogP contribution in [0.4, 0.5) is 11.4 Å². The topological polar surface area (TPSA) is 118 Å². The Morgan fingerprint density at radius 3 is 2.86 bits per heavy atom. The fourth-order valence-electron chi connectivity index (χ4n) is 1.58. The molecule has 0 aliphatic carbocycles. The minimum atomic E-state index is -0.725. The van der Waals surface area contributed by atoms with Crippen molar-refractivity contribution in [1.29, 1.82) is 0 Å². The average Bonchev–Trinajstić information content (AvgIpc) is 2.42. The summed E-state index contributed by atoms with van der Waals surface area (Å²) in [4.78, 5) is 21.6. The SMILES string of the molecule is Cc1cc(O)c(/C=N/Nc2cccc([N+](=O)[O-])c2)c(=O)o1. The zero-order chi connectivity index (χ0) is 15.4. The van der Waals surface area contributed by atoms with Crippen LogP contribution in [0, 0.1) is 17.0 Å². The molecular formula is C13H11N3O5. The molecule has 0 aliphatic heterocycles. The Morgan fingerprint density at radius 1 is 1.43 bits per heavy atom. The van der Waals surface area contributed by atoms with E-state index in [-0.39, 0.29) is 22.8 Å². The van der Waals surface area contributed by atoms with E-state index in [9.17, 15) is 20.0 Å². The summed E-state index contributed by atoms with van der Waals surface area (Å²) in [7, 11) is 0. The van der Waals surface area contributed by atoms with Gasteiger partial charge in [-0.15, -0.1) is 0 Å². The molecule has 0 amide bonds. The molecule has 0 saturated heterocycles. The number of benzene rings is 1. The zero-order valence-electron chi connectivity index (χ0n) is 10.9. The number of nitro benzene ring substituents is 1. The number of nitro groups is 1. The average molecular weight is 289 g/mol. The lowest BCUT2D eigenvalue weighted by Gasteiger charge is -2.00. The maximum atomic E-state index is 11.5. The molecule has 8 nitrogen and oxygen atoms in total. The van der Waals surface area contributed by atoms with E-state index in [0.29, 0.717) is 5.69 Å². The van der Waals surface area contributed by atoms with E-state index in [1.807, 2.05) is 0 Å². The van der Waals surface area contributed by atoms with E-state index in [1.165, 1.54) is 31.2 Å². The lowest BCUT2D eigenvalue weighted by molar-refractivity contribution is -0.384. The summed E-state index contributed by atoms with van der Waals surface area (Å²) in [6, 6.07) is 6.98. The van der Waals surface area contributed by atoms with Crippen molar-refractivity contribution >= 4 is 17.6 Å². The molecule has 108 valence electrons. The van der Waals surface area contributed by atoms with E-state index in [2.05, 4.69) is 10.5 Å². The molecule has 1 aromatic carbocycles. The van der Waals surface area contributed by atoms with Gasteiger partial charge in [0.15, 0.2) is 0 Å². The van der Waals surface area contributed by atoms with Gasteiger partial charge in [-0.2, -0.15) is 5.10 Å². The first-order valence-electron chi connectivity index (χ1n) is 5.84. The molecule has 0 radical (unpaired) electrons. The molecule has 8 heteroatoms. The van der Waals surface area contributed by atoms with Crippen LogP contribution in [0.2, 0.25) is 0 Å². The monoisotopic (exact) mass is 289 g/mol. The number of nitrogens with one attached hydrogen (secondary N) is 1. The Hall–Kier alpha value is -3.16. The largest absolute Gasteiger partial charge is 0.507 e. The number of aryl methyl sites for hydroxylation is 1. The Labute approximate surface area is 118 Å². The van der Waals surface area contributed by atoms with Crippen molar-refractivity contribution in [1.82, 2.24) is 0 Å². The van der Waals surface area contributed by atoms with Crippen LogP contribution >= 0.6 is 0 Å². The first-order chi connectivity index (χ1) is 9.97. The van der Waals surface area contributed by atoms with Crippen LogP contribution in [0.15, 0.2) is 44.6 Å². The second kappa shape index (κ2) is 5.87. The van der Waals surface area contributed by atoms with E-state index in [4.69, 9.17) is 4.42 Å². The predicted molar refractivity (Wildman–Crippen MR) is 75.7 cm³/mol. The van der Waals surface area contributed by atoms with Crippen LogP contribution in [-0.2, 0) is 0 Å². The van der Waals surface area contributed by atoms with Crippen LogP contribution in [-0.4, -0.2) is 16.2 Å². The normalized spacial score (nSPS) is 10.7. The highest BCUT2D eigenvalue weighted by Gasteiger charge is 2.07. The molecule has 2 rings (SSSR count). The summed E-state index contributed by atoms with van der Waals surface area (Å²) in [6.45, 7) is 1.53. The quantitative estimate of drug-likeness (QED) is 0.505. The standard InChI is InChI=1S/C13H11N3O5/c1-8-5-12(17)11(13(18)21-8)7-14-15-9-3-2-4-10(6-9)16(19)20/h2-7,15,17H,1H3/b14-7+. The Balaban J connectivity index is 2.18. The molecule has 21 heavy (non-hydrogen) atoms. The number of nitrogens with zero attached hydrogens (tertiary/aromatic N) is 2. The number of aromatic hydroxyl groups is 1. The molecule has 2 aromatic rings. The predicted octanol–water partition coefficient (Wildman–Crippen LogP) is 2.01. The summed E-state index contributed by atoms with van der Waals surface area (Å²) < 4.78 is 4.82. The van der Waals surface area contributed by atoms with Crippen molar-refractivity contribution in [2.24, 2.45) is 5.10 Å². The van der Waals surface area contributed by atoms with Crippen molar-refractivity contribution in [2.45, 2.75) is 6.92 Å². The zero-order valence-corrected chi connectivity index (χ0v) is 10.9. The van der Waals surface area contributed by atoms with Gasteiger partial charge in [-0.05, 0) is 13.0 Å².